The fourth-order valence-electron chi connectivity index (χ4n) is 1.39. The van der Waals surface area contributed by atoms with Gasteiger partial charge in [0.05, 0.1) is 6.61 Å². The summed E-state index contributed by atoms with van der Waals surface area (Å²) in [6, 6.07) is 1.81. The second-order valence-corrected chi connectivity index (χ2v) is 3.53. The van der Waals surface area contributed by atoms with Crippen LogP contribution < -0.4 is 4.74 Å². The second-order valence-electron chi connectivity index (χ2n) is 3.53. The Morgan fingerprint density at radius 1 is 1.47 bits per heavy atom. The van der Waals surface area contributed by atoms with Crippen molar-refractivity contribution in [2.45, 2.75) is 6.92 Å². The van der Waals surface area contributed by atoms with Crippen LogP contribution >= 0.6 is 0 Å². The fourth-order valence-corrected chi connectivity index (χ4v) is 1.39. The number of ether oxygens (including phenoxy) is 2. The Hall–Kier alpha value is -2.51. The molecular formula is C11H13N5O3. The predicted molar refractivity (Wildman–Crippen MR) is 64.2 cm³/mol. The molecule has 0 aliphatic carbocycles. The third kappa shape index (κ3) is 3.24. The summed E-state index contributed by atoms with van der Waals surface area (Å²) in [5.74, 6) is 0.0693. The molecule has 0 aliphatic heterocycles. The van der Waals surface area contributed by atoms with Crippen LogP contribution in [0.25, 0.3) is 11.5 Å². The van der Waals surface area contributed by atoms with Crippen molar-refractivity contribution in [3.63, 3.8) is 0 Å². The molecule has 0 bridgehead atoms. The maximum absolute atomic E-state index is 11.1. The molecule has 0 N–H and O–H groups in total. The highest BCUT2D eigenvalue weighted by Crippen LogP contribution is 2.15. The summed E-state index contributed by atoms with van der Waals surface area (Å²) in [5, 5.41) is 4.03. The lowest BCUT2D eigenvalue weighted by atomic mass is 10.4. The molecule has 0 aliphatic rings. The highest BCUT2D eigenvalue weighted by atomic mass is 16.6. The minimum atomic E-state index is -0.460. The van der Waals surface area contributed by atoms with Crippen molar-refractivity contribution in [3.05, 3.63) is 18.6 Å². The van der Waals surface area contributed by atoms with Gasteiger partial charge in [0.15, 0.2) is 12.4 Å². The van der Waals surface area contributed by atoms with Crippen molar-refractivity contribution in [1.29, 1.82) is 0 Å². The Morgan fingerprint density at radius 3 is 3.00 bits per heavy atom. The molecule has 0 amide bonds. The number of esters is 1. The molecule has 0 atom stereocenters. The summed E-state index contributed by atoms with van der Waals surface area (Å²) in [5.41, 5.74) is 0.621. The molecule has 2 heterocycles. The van der Waals surface area contributed by atoms with E-state index in [9.17, 15) is 4.79 Å². The molecule has 100 valence electrons. The smallest absolute Gasteiger partial charge is 0.344 e. The molecule has 0 spiro atoms. The van der Waals surface area contributed by atoms with Gasteiger partial charge in [-0.1, -0.05) is 0 Å². The zero-order valence-electron chi connectivity index (χ0n) is 10.6. The summed E-state index contributed by atoms with van der Waals surface area (Å²) in [6.45, 7) is 1.81. The van der Waals surface area contributed by atoms with E-state index in [1.807, 2.05) is 0 Å². The molecule has 0 saturated carbocycles. The molecule has 2 aromatic heterocycles. The van der Waals surface area contributed by atoms with Crippen LogP contribution in [0, 0.1) is 0 Å². The van der Waals surface area contributed by atoms with Crippen molar-refractivity contribution >= 4 is 5.97 Å². The molecule has 0 aromatic carbocycles. The first-order valence-corrected chi connectivity index (χ1v) is 5.66. The Bertz CT molecular complexity index is 555. The number of aryl methyl sites for hydroxylation is 1. The maximum Gasteiger partial charge on any atom is 0.344 e. The van der Waals surface area contributed by atoms with Gasteiger partial charge in [-0.15, -0.1) is 5.10 Å². The summed E-state index contributed by atoms with van der Waals surface area (Å²) in [4.78, 5) is 23.2. The van der Waals surface area contributed by atoms with Gasteiger partial charge in [-0.05, 0) is 13.0 Å². The summed E-state index contributed by atoms with van der Waals surface area (Å²) in [7, 11) is 1.71. The van der Waals surface area contributed by atoms with Crippen LogP contribution in [-0.2, 0) is 16.6 Å². The van der Waals surface area contributed by atoms with Gasteiger partial charge in [-0.25, -0.2) is 19.4 Å². The first-order valence-electron chi connectivity index (χ1n) is 5.66. The number of nitrogens with zero attached hydrogens (tertiary/aromatic N) is 5. The molecule has 0 fully saturated rings. The predicted octanol–water partition coefficient (Wildman–Crippen LogP) is 0.214. The summed E-state index contributed by atoms with van der Waals surface area (Å²) >= 11 is 0. The standard InChI is InChI=1S/C11H13N5O3/c1-3-18-9(17)6-19-11-14-10(16(2)15-11)8-4-5-12-7-13-8/h4-5,7H,3,6H2,1-2H3. The van der Waals surface area contributed by atoms with Gasteiger partial charge < -0.3 is 9.47 Å². The second kappa shape index (κ2) is 5.89. The summed E-state index contributed by atoms with van der Waals surface area (Å²) in [6.07, 6.45) is 3.03. The van der Waals surface area contributed by atoms with Gasteiger partial charge in [0.1, 0.15) is 12.0 Å². The van der Waals surface area contributed by atoms with Crippen LogP contribution in [0.5, 0.6) is 6.01 Å². The van der Waals surface area contributed by atoms with Crippen LogP contribution in [0.3, 0.4) is 0 Å². The average Bonchev–Trinajstić information content (AvgIpc) is 2.79. The molecule has 0 unspecified atom stereocenters. The summed E-state index contributed by atoms with van der Waals surface area (Å²) < 4.78 is 11.4. The fraction of sp³-hybridized carbons (Fsp3) is 0.364. The highest BCUT2D eigenvalue weighted by molar-refractivity contribution is 5.70. The molecule has 0 radical (unpaired) electrons. The van der Waals surface area contributed by atoms with Crippen molar-refractivity contribution in [2.75, 3.05) is 13.2 Å². The van der Waals surface area contributed by atoms with Crippen molar-refractivity contribution in [1.82, 2.24) is 24.7 Å². The average molecular weight is 263 g/mol. The number of hydrogen-bond donors (Lipinski definition) is 0. The van der Waals surface area contributed by atoms with Gasteiger partial charge in [-0.2, -0.15) is 4.98 Å². The normalized spacial score (nSPS) is 10.2. The molecule has 2 rings (SSSR count). The van der Waals surface area contributed by atoms with E-state index < -0.39 is 5.97 Å². The Kier molecular flexibility index (Phi) is 4.01. The van der Waals surface area contributed by atoms with E-state index >= 15 is 0 Å². The van der Waals surface area contributed by atoms with Crippen LogP contribution in [-0.4, -0.2) is 43.9 Å². The van der Waals surface area contributed by atoms with E-state index in [2.05, 4.69) is 20.1 Å². The SMILES string of the molecule is CCOC(=O)COc1nc(-c2ccncn2)n(C)n1. The number of aromatic nitrogens is 5. The Balaban J connectivity index is 2.07. The highest BCUT2D eigenvalue weighted by Gasteiger charge is 2.12. The zero-order chi connectivity index (χ0) is 13.7. The topological polar surface area (TPSA) is 92.0 Å². The number of hydrogen-bond acceptors (Lipinski definition) is 7. The maximum atomic E-state index is 11.1. The van der Waals surface area contributed by atoms with Crippen molar-refractivity contribution < 1.29 is 14.3 Å². The minimum absolute atomic E-state index is 0.101. The lowest BCUT2D eigenvalue weighted by Crippen LogP contribution is -2.15. The number of carbonyl (C=O) groups is 1. The van der Waals surface area contributed by atoms with Gasteiger partial charge >= 0.3 is 12.0 Å². The lowest BCUT2D eigenvalue weighted by Gasteiger charge is -2.00. The monoisotopic (exact) mass is 263 g/mol. The molecule has 2 aromatic rings. The first-order chi connectivity index (χ1) is 9.20. The largest absolute Gasteiger partial charge is 0.463 e. The van der Waals surface area contributed by atoms with E-state index in [1.54, 1.807) is 26.2 Å². The van der Waals surface area contributed by atoms with E-state index in [0.717, 1.165) is 0 Å². The van der Waals surface area contributed by atoms with Gasteiger partial charge in [0.25, 0.3) is 0 Å². The molecule has 0 saturated heterocycles. The van der Waals surface area contributed by atoms with Crippen LogP contribution in [0.15, 0.2) is 18.6 Å². The molecule has 8 heteroatoms. The Morgan fingerprint density at radius 2 is 2.32 bits per heavy atom. The van der Waals surface area contributed by atoms with Crippen LogP contribution in [0.1, 0.15) is 6.92 Å². The van der Waals surface area contributed by atoms with Crippen LogP contribution in [0.4, 0.5) is 0 Å². The van der Waals surface area contributed by atoms with Gasteiger partial charge in [-0.3, -0.25) is 0 Å². The zero-order valence-corrected chi connectivity index (χ0v) is 10.6. The van der Waals surface area contributed by atoms with Crippen molar-refractivity contribution in [3.8, 4) is 17.5 Å². The number of carbonyl (C=O) groups excluding carboxylic acids is 1. The van der Waals surface area contributed by atoms with Crippen molar-refractivity contribution in [2.24, 2.45) is 7.05 Å². The molecule has 19 heavy (non-hydrogen) atoms. The van der Waals surface area contributed by atoms with E-state index in [0.29, 0.717) is 18.1 Å². The molecular weight excluding hydrogens is 250 g/mol. The Labute approximate surface area is 109 Å². The number of rotatable bonds is 5. The van der Waals surface area contributed by atoms with Gasteiger partial charge in [0, 0.05) is 13.2 Å². The third-order valence-corrected chi connectivity index (χ3v) is 2.18. The van der Waals surface area contributed by atoms with E-state index in [4.69, 9.17) is 9.47 Å². The van der Waals surface area contributed by atoms with Crippen LogP contribution in [0.2, 0.25) is 0 Å². The van der Waals surface area contributed by atoms with E-state index in [1.165, 1.54) is 11.0 Å². The molecule has 8 nitrogen and oxygen atoms in total. The quantitative estimate of drug-likeness (QED) is 0.712. The third-order valence-electron chi connectivity index (χ3n) is 2.18. The first kappa shape index (κ1) is 12.9. The lowest BCUT2D eigenvalue weighted by molar-refractivity contribution is -0.145. The van der Waals surface area contributed by atoms with E-state index in [-0.39, 0.29) is 12.6 Å². The van der Waals surface area contributed by atoms with Gasteiger partial charge in [0.2, 0.25) is 0 Å². The minimum Gasteiger partial charge on any atom is -0.463 e.